The van der Waals surface area contributed by atoms with E-state index in [0.29, 0.717) is 0 Å². The molecule has 0 fully saturated rings. The van der Waals surface area contributed by atoms with Crippen LogP contribution in [0.15, 0.2) is 36.7 Å². The average Bonchev–Trinajstić information content (AvgIpc) is 2.38. The summed E-state index contributed by atoms with van der Waals surface area (Å²) in [4.78, 5) is 26.7. The molecular formula is C13H8ClFN2O3. The van der Waals surface area contributed by atoms with Gasteiger partial charge >= 0.3 is 5.97 Å². The predicted molar refractivity (Wildman–Crippen MR) is 70.6 cm³/mol. The molecule has 20 heavy (non-hydrogen) atoms. The number of pyridine rings is 1. The maximum atomic E-state index is 13.2. The lowest BCUT2D eigenvalue weighted by molar-refractivity contribution is 0.0698. The Balaban J connectivity index is 2.35. The van der Waals surface area contributed by atoms with Gasteiger partial charge in [0.05, 0.1) is 21.8 Å². The Morgan fingerprint density at radius 2 is 2.00 bits per heavy atom. The van der Waals surface area contributed by atoms with Crippen molar-refractivity contribution in [3.05, 3.63) is 58.6 Å². The van der Waals surface area contributed by atoms with E-state index in [1.807, 2.05) is 0 Å². The van der Waals surface area contributed by atoms with Gasteiger partial charge < -0.3 is 10.4 Å². The molecule has 2 N–H and O–H groups in total. The van der Waals surface area contributed by atoms with Crippen molar-refractivity contribution in [2.45, 2.75) is 0 Å². The molecule has 0 saturated carbocycles. The summed E-state index contributed by atoms with van der Waals surface area (Å²) >= 11 is 5.83. The van der Waals surface area contributed by atoms with Crippen LogP contribution in [0.1, 0.15) is 20.7 Å². The van der Waals surface area contributed by atoms with Crippen LogP contribution in [0, 0.1) is 5.82 Å². The SMILES string of the molecule is O=C(Nc1cc(F)ccc1C(=O)O)c1cnccc1Cl. The highest BCUT2D eigenvalue weighted by Crippen LogP contribution is 2.20. The van der Waals surface area contributed by atoms with Crippen molar-refractivity contribution in [1.29, 1.82) is 0 Å². The molecule has 0 unspecified atom stereocenters. The topological polar surface area (TPSA) is 79.3 Å². The molecule has 0 atom stereocenters. The van der Waals surface area contributed by atoms with Crippen LogP contribution >= 0.6 is 11.6 Å². The van der Waals surface area contributed by atoms with E-state index in [-0.39, 0.29) is 21.8 Å². The number of hydrogen-bond acceptors (Lipinski definition) is 3. The number of nitrogens with one attached hydrogen (secondary N) is 1. The number of anilines is 1. The summed E-state index contributed by atoms with van der Waals surface area (Å²) in [5, 5.41) is 11.4. The van der Waals surface area contributed by atoms with Gasteiger partial charge in [-0.1, -0.05) is 11.6 Å². The average molecular weight is 295 g/mol. The smallest absolute Gasteiger partial charge is 0.337 e. The molecule has 5 nitrogen and oxygen atoms in total. The number of halogens is 2. The van der Waals surface area contributed by atoms with Crippen LogP contribution in [0.25, 0.3) is 0 Å². The van der Waals surface area contributed by atoms with E-state index in [9.17, 15) is 14.0 Å². The number of carbonyl (C=O) groups is 2. The first kappa shape index (κ1) is 14.0. The highest BCUT2D eigenvalue weighted by Gasteiger charge is 2.16. The largest absolute Gasteiger partial charge is 0.478 e. The Labute approximate surface area is 118 Å². The number of amides is 1. The molecule has 1 aromatic carbocycles. The Morgan fingerprint density at radius 3 is 2.65 bits per heavy atom. The molecule has 0 saturated heterocycles. The molecule has 2 aromatic rings. The van der Waals surface area contributed by atoms with E-state index in [4.69, 9.17) is 16.7 Å². The molecular weight excluding hydrogens is 287 g/mol. The van der Waals surface area contributed by atoms with Crippen LogP contribution < -0.4 is 5.32 Å². The van der Waals surface area contributed by atoms with Gasteiger partial charge in [-0.15, -0.1) is 0 Å². The fourth-order valence-corrected chi connectivity index (χ4v) is 1.73. The second-order valence-corrected chi connectivity index (χ2v) is 4.21. The number of aromatic nitrogens is 1. The van der Waals surface area contributed by atoms with Crippen molar-refractivity contribution in [2.24, 2.45) is 0 Å². The first-order valence-corrected chi connectivity index (χ1v) is 5.80. The molecule has 1 amide bonds. The van der Waals surface area contributed by atoms with Crippen molar-refractivity contribution < 1.29 is 19.1 Å². The number of carboxylic acids is 1. The van der Waals surface area contributed by atoms with E-state index in [1.165, 1.54) is 18.5 Å². The molecule has 7 heteroatoms. The van der Waals surface area contributed by atoms with E-state index in [2.05, 4.69) is 10.3 Å². The minimum absolute atomic E-state index is 0.0646. The van der Waals surface area contributed by atoms with Gasteiger partial charge in [0.25, 0.3) is 5.91 Å². The van der Waals surface area contributed by atoms with Gasteiger partial charge in [-0.2, -0.15) is 0 Å². The summed E-state index contributed by atoms with van der Waals surface area (Å²) < 4.78 is 13.2. The number of hydrogen-bond donors (Lipinski definition) is 2. The summed E-state index contributed by atoms with van der Waals surface area (Å²) in [5.74, 6) is -2.61. The second-order valence-electron chi connectivity index (χ2n) is 3.80. The quantitative estimate of drug-likeness (QED) is 0.912. The Bertz CT molecular complexity index is 691. The van der Waals surface area contributed by atoms with Crippen molar-refractivity contribution >= 4 is 29.2 Å². The van der Waals surface area contributed by atoms with E-state index in [0.717, 1.165) is 18.2 Å². The van der Waals surface area contributed by atoms with E-state index >= 15 is 0 Å². The maximum absolute atomic E-state index is 13.2. The highest BCUT2D eigenvalue weighted by molar-refractivity contribution is 6.34. The second kappa shape index (κ2) is 5.66. The van der Waals surface area contributed by atoms with Crippen LogP contribution in [0.3, 0.4) is 0 Å². The monoisotopic (exact) mass is 294 g/mol. The van der Waals surface area contributed by atoms with Gasteiger partial charge in [-0.05, 0) is 24.3 Å². The molecule has 0 spiro atoms. The number of aromatic carboxylic acids is 1. The summed E-state index contributed by atoms with van der Waals surface area (Å²) in [5.41, 5.74) is -0.308. The van der Waals surface area contributed by atoms with Gasteiger partial charge in [0.2, 0.25) is 0 Å². The van der Waals surface area contributed by atoms with Gasteiger partial charge in [0.15, 0.2) is 0 Å². The van der Waals surface area contributed by atoms with Gasteiger partial charge in [-0.3, -0.25) is 9.78 Å². The number of carboxylic acid groups (broad SMARTS) is 1. The maximum Gasteiger partial charge on any atom is 0.337 e. The number of nitrogens with zero attached hydrogens (tertiary/aromatic N) is 1. The molecule has 0 aliphatic carbocycles. The molecule has 2 rings (SSSR count). The first-order valence-electron chi connectivity index (χ1n) is 5.42. The van der Waals surface area contributed by atoms with E-state index < -0.39 is 17.7 Å². The van der Waals surface area contributed by atoms with Crippen LogP contribution in [0.4, 0.5) is 10.1 Å². The standard InChI is InChI=1S/C13H8ClFN2O3/c14-10-3-4-16-6-9(10)12(18)17-11-5-7(15)1-2-8(11)13(19)20/h1-6H,(H,17,18)(H,19,20). The molecule has 1 aromatic heterocycles. The number of carbonyl (C=O) groups excluding carboxylic acids is 1. The predicted octanol–water partition coefficient (Wildman–Crippen LogP) is 2.82. The van der Waals surface area contributed by atoms with Crippen molar-refractivity contribution in [2.75, 3.05) is 5.32 Å². The fourth-order valence-electron chi connectivity index (χ4n) is 1.54. The first-order chi connectivity index (χ1) is 9.49. The Morgan fingerprint density at radius 1 is 1.25 bits per heavy atom. The number of benzene rings is 1. The van der Waals surface area contributed by atoms with Crippen molar-refractivity contribution in [3.8, 4) is 0 Å². The van der Waals surface area contributed by atoms with Gasteiger partial charge in [0.1, 0.15) is 5.82 Å². The highest BCUT2D eigenvalue weighted by atomic mass is 35.5. The lowest BCUT2D eigenvalue weighted by atomic mass is 10.1. The Kier molecular flexibility index (Phi) is 3.95. The lowest BCUT2D eigenvalue weighted by Crippen LogP contribution is -2.15. The zero-order valence-corrected chi connectivity index (χ0v) is 10.7. The van der Waals surface area contributed by atoms with Crippen LogP contribution in [0.2, 0.25) is 5.02 Å². The summed E-state index contributed by atoms with van der Waals surface area (Å²) in [6, 6.07) is 4.40. The van der Waals surface area contributed by atoms with E-state index in [1.54, 1.807) is 0 Å². The molecule has 0 aliphatic rings. The third-order valence-corrected chi connectivity index (χ3v) is 2.80. The summed E-state index contributed by atoms with van der Waals surface area (Å²) in [7, 11) is 0. The van der Waals surface area contributed by atoms with Gasteiger partial charge in [-0.25, -0.2) is 9.18 Å². The normalized spacial score (nSPS) is 10.1. The zero-order valence-electron chi connectivity index (χ0n) is 9.93. The van der Waals surface area contributed by atoms with Crippen LogP contribution in [-0.2, 0) is 0 Å². The minimum atomic E-state index is -1.28. The van der Waals surface area contributed by atoms with Crippen molar-refractivity contribution in [1.82, 2.24) is 4.98 Å². The lowest BCUT2D eigenvalue weighted by Gasteiger charge is -2.09. The molecule has 0 aliphatic heterocycles. The third kappa shape index (κ3) is 2.92. The Hall–Kier alpha value is -2.47. The van der Waals surface area contributed by atoms with Crippen molar-refractivity contribution in [3.63, 3.8) is 0 Å². The van der Waals surface area contributed by atoms with Crippen LogP contribution in [0.5, 0.6) is 0 Å². The molecule has 0 radical (unpaired) electrons. The fraction of sp³-hybridized carbons (Fsp3) is 0. The summed E-state index contributed by atoms with van der Waals surface area (Å²) in [6.45, 7) is 0. The molecule has 102 valence electrons. The van der Waals surface area contributed by atoms with Gasteiger partial charge in [0, 0.05) is 12.4 Å². The number of rotatable bonds is 3. The molecule has 0 bridgehead atoms. The summed E-state index contributed by atoms with van der Waals surface area (Å²) in [6.07, 6.45) is 2.64. The molecule has 1 heterocycles. The zero-order chi connectivity index (χ0) is 14.7. The van der Waals surface area contributed by atoms with Crippen LogP contribution in [-0.4, -0.2) is 22.0 Å². The third-order valence-electron chi connectivity index (χ3n) is 2.47. The minimum Gasteiger partial charge on any atom is -0.478 e.